The normalized spacial score (nSPS) is 10.6. The summed E-state index contributed by atoms with van der Waals surface area (Å²) >= 11 is 1.28. The summed E-state index contributed by atoms with van der Waals surface area (Å²) in [7, 11) is 0. The van der Waals surface area contributed by atoms with Gasteiger partial charge in [-0.05, 0) is 19.1 Å². The molecule has 0 spiro atoms. The van der Waals surface area contributed by atoms with E-state index in [1.807, 2.05) is 17.7 Å². The van der Waals surface area contributed by atoms with Crippen LogP contribution in [-0.4, -0.2) is 21.2 Å². The van der Waals surface area contributed by atoms with Crippen LogP contribution in [0.3, 0.4) is 0 Å². The Labute approximate surface area is 119 Å². The second kappa shape index (κ2) is 6.51. The lowest BCUT2D eigenvalue weighted by atomic mass is 10.3. The number of carbonyl (C=O) groups is 1. The topological polar surface area (TPSA) is 46.9 Å². The molecule has 2 rings (SSSR count). The Morgan fingerprint density at radius 3 is 2.90 bits per heavy atom. The van der Waals surface area contributed by atoms with E-state index in [1.165, 1.54) is 17.8 Å². The van der Waals surface area contributed by atoms with Crippen molar-refractivity contribution in [2.24, 2.45) is 0 Å². The molecular formula is C13H13F2N3OS. The number of nitrogens with one attached hydrogen (secondary N) is 1. The summed E-state index contributed by atoms with van der Waals surface area (Å²) in [4.78, 5) is 15.8. The van der Waals surface area contributed by atoms with Crippen LogP contribution in [0.1, 0.15) is 6.92 Å². The van der Waals surface area contributed by atoms with Gasteiger partial charge in [-0.1, -0.05) is 11.8 Å². The summed E-state index contributed by atoms with van der Waals surface area (Å²) in [5, 5.41) is 3.25. The SMILES string of the molecule is CCn1ccnc1SCC(=O)Nc1ccc(F)c(F)c1. The predicted octanol–water partition coefficient (Wildman–Crippen LogP) is 2.91. The Morgan fingerprint density at radius 2 is 2.20 bits per heavy atom. The molecule has 7 heteroatoms. The second-order valence-electron chi connectivity index (χ2n) is 3.96. The maximum Gasteiger partial charge on any atom is 0.234 e. The molecule has 1 amide bonds. The molecule has 0 aliphatic heterocycles. The van der Waals surface area contributed by atoms with Crippen molar-refractivity contribution in [1.29, 1.82) is 0 Å². The summed E-state index contributed by atoms with van der Waals surface area (Å²) in [6.07, 6.45) is 3.49. The number of halogens is 2. The van der Waals surface area contributed by atoms with Gasteiger partial charge in [-0.2, -0.15) is 0 Å². The molecule has 1 heterocycles. The van der Waals surface area contributed by atoms with Crippen LogP contribution in [0.5, 0.6) is 0 Å². The van der Waals surface area contributed by atoms with Crippen molar-refractivity contribution in [1.82, 2.24) is 9.55 Å². The third-order valence-corrected chi connectivity index (χ3v) is 3.56. The van der Waals surface area contributed by atoms with Crippen molar-refractivity contribution in [3.05, 3.63) is 42.2 Å². The van der Waals surface area contributed by atoms with Crippen LogP contribution in [0.4, 0.5) is 14.5 Å². The molecule has 0 fully saturated rings. The first-order valence-corrected chi connectivity index (χ1v) is 6.97. The number of anilines is 1. The van der Waals surface area contributed by atoms with Crippen molar-refractivity contribution in [2.45, 2.75) is 18.6 Å². The average molecular weight is 297 g/mol. The molecular weight excluding hydrogens is 284 g/mol. The van der Waals surface area contributed by atoms with Crippen LogP contribution in [0, 0.1) is 11.6 Å². The van der Waals surface area contributed by atoms with Gasteiger partial charge in [0.1, 0.15) is 0 Å². The van der Waals surface area contributed by atoms with E-state index >= 15 is 0 Å². The van der Waals surface area contributed by atoms with Gasteiger partial charge in [0.05, 0.1) is 5.75 Å². The molecule has 4 nitrogen and oxygen atoms in total. The Balaban J connectivity index is 1.91. The van der Waals surface area contributed by atoms with E-state index in [2.05, 4.69) is 10.3 Å². The number of amides is 1. The number of hydrogen-bond acceptors (Lipinski definition) is 3. The molecule has 0 saturated heterocycles. The predicted molar refractivity (Wildman–Crippen MR) is 73.6 cm³/mol. The van der Waals surface area contributed by atoms with Gasteiger partial charge in [-0.3, -0.25) is 4.79 Å². The summed E-state index contributed by atoms with van der Waals surface area (Å²) < 4.78 is 27.7. The Kier molecular flexibility index (Phi) is 4.73. The molecule has 0 aliphatic carbocycles. The molecule has 0 radical (unpaired) electrons. The van der Waals surface area contributed by atoms with Crippen LogP contribution >= 0.6 is 11.8 Å². The highest BCUT2D eigenvalue weighted by Crippen LogP contribution is 2.17. The van der Waals surface area contributed by atoms with E-state index in [0.717, 1.165) is 23.8 Å². The first-order valence-electron chi connectivity index (χ1n) is 5.99. The number of aryl methyl sites for hydroxylation is 1. The second-order valence-corrected chi connectivity index (χ2v) is 4.90. The van der Waals surface area contributed by atoms with Crippen LogP contribution in [0.15, 0.2) is 35.7 Å². The minimum atomic E-state index is -0.989. The summed E-state index contributed by atoms with van der Waals surface area (Å²) in [5.74, 6) is -2.08. The molecule has 20 heavy (non-hydrogen) atoms. The standard InChI is InChI=1S/C13H13F2N3OS/c1-2-18-6-5-16-13(18)20-8-12(19)17-9-3-4-10(14)11(15)7-9/h3-7H,2,8H2,1H3,(H,17,19). The minimum Gasteiger partial charge on any atom is -0.326 e. The maximum atomic E-state index is 13.0. The number of imidazole rings is 1. The maximum absolute atomic E-state index is 13.0. The average Bonchev–Trinajstić information content (AvgIpc) is 2.88. The molecule has 106 valence electrons. The molecule has 0 saturated carbocycles. The minimum absolute atomic E-state index is 0.149. The highest BCUT2D eigenvalue weighted by atomic mass is 32.2. The number of benzene rings is 1. The summed E-state index contributed by atoms with van der Waals surface area (Å²) in [5.41, 5.74) is 0.230. The fourth-order valence-electron chi connectivity index (χ4n) is 1.58. The lowest BCUT2D eigenvalue weighted by Crippen LogP contribution is -2.14. The van der Waals surface area contributed by atoms with E-state index in [4.69, 9.17) is 0 Å². The molecule has 1 N–H and O–H groups in total. The van der Waals surface area contributed by atoms with Crippen molar-refractivity contribution < 1.29 is 13.6 Å². The number of nitrogens with zero attached hydrogens (tertiary/aromatic N) is 2. The number of aromatic nitrogens is 2. The van der Waals surface area contributed by atoms with E-state index in [9.17, 15) is 13.6 Å². The smallest absolute Gasteiger partial charge is 0.234 e. The molecule has 2 aromatic rings. The van der Waals surface area contributed by atoms with E-state index in [1.54, 1.807) is 6.20 Å². The van der Waals surface area contributed by atoms with Gasteiger partial charge in [0.25, 0.3) is 0 Å². The fourth-order valence-corrected chi connectivity index (χ4v) is 2.40. The first-order chi connectivity index (χ1) is 9.60. The molecule has 0 unspecified atom stereocenters. The molecule has 0 atom stereocenters. The zero-order valence-electron chi connectivity index (χ0n) is 10.8. The van der Waals surface area contributed by atoms with Crippen LogP contribution in [0.2, 0.25) is 0 Å². The zero-order valence-corrected chi connectivity index (χ0v) is 11.6. The number of thioether (sulfide) groups is 1. The number of hydrogen-bond donors (Lipinski definition) is 1. The number of carbonyl (C=O) groups excluding carboxylic acids is 1. The quantitative estimate of drug-likeness (QED) is 0.863. The van der Waals surface area contributed by atoms with Crippen LogP contribution < -0.4 is 5.32 Å². The lowest BCUT2D eigenvalue weighted by Gasteiger charge is -2.06. The highest BCUT2D eigenvalue weighted by molar-refractivity contribution is 7.99. The van der Waals surface area contributed by atoms with Crippen molar-refractivity contribution in [2.75, 3.05) is 11.1 Å². The van der Waals surface area contributed by atoms with Crippen molar-refractivity contribution in [3.8, 4) is 0 Å². The van der Waals surface area contributed by atoms with Crippen molar-refractivity contribution in [3.63, 3.8) is 0 Å². The Morgan fingerprint density at radius 1 is 1.40 bits per heavy atom. The lowest BCUT2D eigenvalue weighted by molar-refractivity contribution is -0.113. The Bertz CT molecular complexity index is 615. The van der Waals surface area contributed by atoms with Gasteiger partial charge in [0.15, 0.2) is 16.8 Å². The zero-order chi connectivity index (χ0) is 14.5. The van der Waals surface area contributed by atoms with Crippen molar-refractivity contribution >= 4 is 23.4 Å². The summed E-state index contributed by atoms with van der Waals surface area (Å²) in [6.45, 7) is 2.75. The van der Waals surface area contributed by atoms with Crippen LogP contribution in [0.25, 0.3) is 0 Å². The van der Waals surface area contributed by atoms with Crippen LogP contribution in [-0.2, 0) is 11.3 Å². The van der Waals surface area contributed by atoms with Gasteiger partial charge in [-0.25, -0.2) is 13.8 Å². The van der Waals surface area contributed by atoms with Gasteiger partial charge >= 0.3 is 0 Å². The molecule has 0 bridgehead atoms. The molecule has 1 aromatic carbocycles. The van der Waals surface area contributed by atoms with Gasteiger partial charge in [0, 0.05) is 30.7 Å². The molecule has 0 aliphatic rings. The van der Waals surface area contributed by atoms with Gasteiger partial charge in [-0.15, -0.1) is 0 Å². The summed E-state index contributed by atoms with van der Waals surface area (Å²) in [6, 6.07) is 3.24. The number of rotatable bonds is 5. The third-order valence-electron chi connectivity index (χ3n) is 2.55. The highest BCUT2D eigenvalue weighted by Gasteiger charge is 2.09. The van der Waals surface area contributed by atoms with Gasteiger partial charge < -0.3 is 9.88 Å². The monoisotopic (exact) mass is 297 g/mol. The third kappa shape index (κ3) is 3.57. The van der Waals surface area contributed by atoms with E-state index < -0.39 is 11.6 Å². The van der Waals surface area contributed by atoms with E-state index in [-0.39, 0.29) is 17.3 Å². The fraction of sp³-hybridized carbons (Fsp3) is 0.231. The molecule has 1 aromatic heterocycles. The van der Waals surface area contributed by atoms with E-state index in [0.29, 0.717) is 0 Å². The Hall–Kier alpha value is -1.89. The van der Waals surface area contributed by atoms with Gasteiger partial charge in [0.2, 0.25) is 5.91 Å². The first kappa shape index (κ1) is 14.5. The largest absolute Gasteiger partial charge is 0.326 e.